The van der Waals surface area contributed by atoms with E-state index in [9.17, 15) is 14.0 Å². The molecule has 1 unspecified atom stereocenters. The van der Waals surface area contributed by atoms with Crippen molar-refractivity contribution in [1.82, 2.24) is 5.32 Å². The third-order valence-electron chi connectivity index (χ3n) is 2.38. The maximum Gasteiger partial charge on any atom is 0.254 e. The summed E-state index contributed by atoms with van der Waals surface area (Å²) < 4.78 is 13.5. The highest BCUT2D eigenvalue weighted by Crippen LogP contribution is 2.14. The maximum absolute atomic E-state index is 13.5. The van der Waals surface area contributed by atoms with Gasteiger partial charge in [-0.05, 0) is 31.5 Å². The molecule has 5 nitrogen and oxygen atoms in total. The monoisotopic (exact) mass is 268 g/mol. The molecule has 19 heavy (non-hydrogen) atoms. The summed E-state index contributed by atoms with van der Waals surface area (Å²) in [5, 5.41) is 14.0. The van der Waals surface area contributed by atoms with E-state index in [1.54, 1.807) is 6.92 Å². The van der Waals surface area contributed by atoms with Crippen LogP contribution in [0.4, 0.5) is 10.1 Å². The topological polar surface area (TPSA) is 78.4 Å². The second kappa shape index (κ2) is 6.84. The van der Waals surface area contributed by atoms with Gasteiger partial charge in [-0.2, -0.15) is 0 Å². The molecule has 0 radical (unpaired) electrons. The highest BCUT2D eigenvalue weighted by atomic mass is 19.1. The molecule has 0 heterocycles. The van der Waals surface area contributed by atoms with E-state index in [1.165, 1.54) is 19.1 Å². The molecule has 1 aromatic carbocycles. The van der Waals surface area contributed by atoms with Crippen molar-refractivity contribution in [3.8, 4) is 0 Å². The van der Waals surface area contributed by atoms with Crippen LogP contribution in [0.15, 0.2) is 18.2 Å². The molecule has 0 aliphatic heterocycles. The number of hydrogen-bond donors (Lipinski definition) is 3. The number of amides is 2. The van der Waals surface area contributed by atoms with Gasteiger partial charge in [0.15, 0.2) is 0 Å². The van der Waals surface area contributed by atoms with Crippen molar-refractivity contribution in [2.45, 2.75) is 26.4 Å². The quantitative estimate of drug-likeness (QED) is 0.753. The lowest BCUT2D eigenvalue weighted by Crippen LogP contribution is -2.27. The molecular formula is C13H17FN2O3. The molecule has 0 spiro atoms. The van der Waals surface area contributed by atoms with Crippen LogP contribution in [0.5, 0.6) is 0 Å². The normalized spacial score (nSPS) is 11.8. The SMILES string of the molecule is CC(=O)Nc1ccc(F)c(C(=O)NCCC(C)O)c1. The van der Waals surface area contributed by atoms with Crippen LogP contribution in [-0.2, 0) is 4.79 Å². The number of rotatable bonds is 5. The Labute approximate surface area is 110 Å². The first-order chi connectivity index (χ1) is 8.90. The first-order valence-electron chi connectivity index (χ1n) is 5.93. The molecule has 0 bridgehead atoms. The summed E-state index contributed by atoms with van der Waals surface area (Å²) in [6.45, 7) is 3.18. The Hall–Kier alpha value is -1.95. The lowest BCUT2D eigenvalue weighted by atomic mass is 10.1. The van der Waals surface area contributed by atoms with Crippen LogP contribution in [0.2, 0.25) is 0 Å². The fourth-order valence-electron chi connectivity index (χ4n) is 1.47. The Kier molecular flexibility index (Phi) is 5.44. The second-order valence-corrected chi connectivity index (χ2v) is 4.27. The fraction of sp³-hybridized carbons (Fsp3) is 0.385. The van der Waals surface area contributed by atoms with Gasteiger partial charge in [0.2, 0.25) is 5.91 Å². The standard InChI is InChI=1S/C13H17FN2O3/c1-8(17)5-6-15-13(19)11-7-10(16-9(2)18)3-4-12(11)14/h3-4,7-8,17H,5-6H2,1-2H3,(H,15,19)(H,16,18). The van der Waals surface area contributed by atoms with E-state index in [0.717, 1.165) is 6.07 Å². The summed E-state index contributed by atoms with van der Waals surface area (Å²) in [6, 6.07) is 3.77. The van der Waals surface area contributed by atoms with Crippen molar-refractivity contribution in [3.63, 3.8) is 0 Å². The Balaban J connectivity index is 2.74. The average molecular weight is 268 g/mol. The Morgan fingerprint density at radius 3 is 2.68 bits per heavy atom. The number of anilines is 1. The van der Waals surface area contributed by atoms with Gasteiger partial charge < -0.3 is 15.7 Å². The number of carbonyl (C=O) groups is 2. The Morgan fingerprint density at radius 1 is 1.42 bits per heavy atom. The van der Waals surface area contributed by atoms with Crippen molar-refractivity contribution in [3.05, 3.63) is 29.6 Å². The number of hydrogen-bond acceptors (Lipinski definition) is 3. The predicted octanol–water partition coefficient (Wildman–Crippen LogP) is 1.28. The van der Waals surface area contributed by atoms with Gasteiger partial charge in [-0.25, -0.2) is 4.39 Å². The van der Waals surface area contributed by atoms with Crippen molar-refractivity contribution >= 4 is 17.5 Å². The minimum absolute atomic E-state index is 0.142. The summed E-state index contributed by atoms with van der Waals surface area (Å²) in [7, 11) is 0. The van der Waals surface area contributed by atoms with Crippen LogP contribution in [0.3, 0.4) is 0 Å². The summed E-state index contributed by atoms with van der Waals surface area (Å²) in [5.41, 5.74) is 0.214. The van der Waals surface area contributed by atoms with E-state index < -0.39 is 17.8 Å². The average Bonchev–Trinajstić information content (AvgIpc) is 2.30. The van der Waals surface area contributed by atoms with E-state index in [2.05, 4.69) is 10.6 Å². The summed E-state index contributed by atoms with van der Waals surface area (Å²) in [4.78, 5) is 22.6. The lowest BCUT2D eigenvalue weighted by Gasteiger charge is -2.09. The van der Waals surface area contributed by atoms with Gasteiger partial charge in [-0.1, -0.05) is 0 Å². The summed E-state index contributed by atoms with van der Waals surface area (Å²) in [5.74, 6) is -1.54. The molecule has 1 atom stereocenters. The minimum atomic E-state index is -0.663. The van der Waals surface area contributed by atoms with Crippen molar-refractivity contribution in [2.24, 2.45) is 0 Å². The van der Waals surface area contributed by atoms with Crippen molar-refractivity contribution in [1.29, 1.82) is 0 Å². The van der Waals surface area contributed by atoms with Crippen LogP contribution < -0.4 is 10.6 Å². The number of benzene rings is 1. The largest absolute Gasteiger partial charge is 0.393 e. The highest BCUT2D eigenvalue weighted by molar-refractivity contribution is 5.97. The van der Waals surface area contributed by atoms with Gasteiger partial charge in [0.1, 0.15) is 5.82 Å². The zero-order valence-electron chi connectivity index (χ0n) is 10.9. The number of nitrogens with one attached hydrogen (secondary N) is 2. The molecule has 1 aromatic rings. The van der Waals surface area contributed by atoms with Crippen LogP contribution in [0, 0.1) is 5.82 Å². The Bertz CT molecular complexity index is 475. The second-order valence-electron chi connectivity index (χ2n) is 4.27. The van der Waals surface area contributed by atoms with Gasteiger partial charge in [0.05, 0.1) is 11.7 Å². The molecule has 0 aliphatic rings. The van der Waals surface area contributed by atoms with Crippen LogP contribution in [0.1, 0.15) is 30.6 Å². The fourth-order valence-corrected chi connectivity index (χ4v) is 1.47. The van der Waals surface area contributed by atoms with Gasteiger partial charge in [0.25, 0.3) is 5.91 Å². The smallest absolute Gasteiger partial charge is 0.254 e. The van der Waals surface area contributed by atoms with Crippen LogP contribution >= 0.6 is 0 Å². The molecular weight excluding hydrogens is 251 g/mol. The van der Waals surface area contributed by atoms with Crippen LogP contribution in [0.25, 0.3) is 0 Å². The molecule has 3 N–H and O–H groups in total. The summed E-state index contributed by atoms with van der Waals surface area (Å²) in [6.07, 6.45) is -0.144. The van der Waals surface area contributed by atoms with E-state index in [-0.39, 0.29) is 18.0 Å². The van der Waals surface area contributed by atoms with Crippen molar-refractivity contribution < 1.29 is 19.1 Å². The third-order valence-corrected chi connectivity index (χ3v) is 2.38. The molecule has 0 saturated carbocycles. The van der Waals surface area contributed by atoms with Gasteiger partial charge >= 0.3 is 0 Å². The first-order valence-corrected chi connectivity index (χ1v) is 5.93. The molecule has 0 saturated heterocycles. The predicted molar refractivity (Wildman–Crippen MR) is 69.3 cm³/mol. The number of aliphatic hydroxyl groups is 1. The van der Waals surface area contributed by atoms with Crippen LogP contribution in [-0.4, -0.2) is 29.6 Å². The highest BCUT2D eigenvalue weighted by Gasteiger charge is 2.12. The first kappa shape index (κ1) is 15.1. The van der Waals surface area contributed by atoms with E-state index in [1.807, 2.05) is 0 Å². The molecule has 0 aliphatic carbocycles. The Morgan fingerprint density at radius 2 is 2.11 bits per heavy atom. The molecule has 1 rings (SSSR count). The van der Waals surface area contributed by atoms with Gasteiger partial charge in [-0.3, -0.25) is 9.59 Å². The molecule has 0 fully saturated rings. The minimum Gasteiger partial charge on any atom is -0.393 e. The third kappa shape index (κ3) is 5.05. The number of carbonyl (C=O) groups excluding carboxylic acids is 2. The van der Waals surface area contributed by atoms with E-state index in [4.69, 9.17) is 5.11 Å². The molecule has 2 amide bonds. The molecule has 104 valence electrons. The van der Waals surface area contributed by atoms with Gasteiger partial charge in [-0.15, -0.1) is 0 Å². The van der Waals surface area contributed by atoms with Crippen molar-refractivity contribution in [2.75, 3.05) is 11.9 Å². The lowest BCUT2D eigenvalue weighted by molar-refractivity contribution is -0.114. The number of halogens is 1. The van der Waals surface area contributed by atoms with E-state index >= 15 is 0 Å². The molecule has 6 heteroatoms. The number of aliphatic hydroxyl groups excluding tert-OH is 1. The summed E-state index contributed by atoms with van der Waals surface area (Å²) >= 11 is 0. The molecule has 0 aromatic heterocycles. The zero-order chi connectivity index (χ0) is 14.4. The maximum atomic E-state index is 13.5. The van der Waals surface area contributed by atoms with Gasteiger partial charge in [0, 0.05) is 19.2 Å². The zero-order valence-corrected chi connectivity index (χ0v) is 10.9. The van der Waals surface area contributed by atoms with E-state index in [0.29, 0.717) is 12.1 Å².